The van der Waals surface area contributed by atoms with Crippen molar-refractivity contribution in [2.45, 2.75) is 52.1 Å². The minimum Gasteiger partial charge on any atom is -0.338 e. The fraction of sp³-hybridized carbons (Fsp3) is 0.524. The summed E-state index contributed by atoms with van der Waals surface area (Å²) >= 11 is 0. The molecule has 3 heterocycles. The molecule has 1 atom stereocenters. The van der Waals surface area contributed by atoms with Crippen LogP contribution in [-0.4, -0.2) is 46.4 Å². The fourth-order valence-corrected chi connectivity index (χ4v) is 4.57. The largest absolute Gasteiger partial charge is 0.338 e. The van der Waals surface area contributed by atoms with E-state index in [-0.39, 0.29) is 5.56 Å². The maximum Gasteiger partial charge on any atom is 0.252 e. The van der Waals surface area contributed by atoms with Gasteiger partial charge in [-0.25, -0.2) is 0 Å². The van der Waals surface area contributed by atoms with Crippen LogP contribution >= 0.6 is 0 Å². The lowest BCUT2D eigenvalue weighted by Gasteiger charge is -2.37. The molecule has 2 aliphatic heterocycles. The van der Waals surface area contributed by atoms with Gasteiger partial charge in [0.25, 0.3) is 5.56 Å². The summed E-state index contributed by atoms with van der Waals surface area (Å²) in [6.07, 6.45) is 3.84. The standard InChI is InChI=1S/C21H27N3O2/c1-14-9-15(2)20-16(10-14)11-17(21(26)22-20)12-23-7-3-5-18(13-23)24-8-4-6-19(24)25/h9-11,18H,3-8,12-13H2,1-2H3,(H,22,26). The Kier molecular flexibility index (Phi) is 4.57. The molecule has 1 aromatic carbocycles. The summed E-state index contributed by atoms with van der Waals surface area (Å²) in [7, 11) is 0. The van der Waals surface area contributed by atoms with Crippen molar-refractivity contribution in [2.24, 2.45) is 0 Å². The number of benzene rings is 1. The average molecular weight is 353 g/mol. The highest BCUT2D eigenvalue weighted by Crippen LogP contribution is 2.23. The minimum absolute atomic E-state index is 0.00354. The second-order valence-corrected chi connectivity index (χ2v) is 7.89. The number of carbonyl (C=O) groups is 1. The Morgan fingerprint density at radius 2 is 1.96 bits per heavy atom. The average Bonchev–Trinajstić information content (AvgIpc) is 3.03. The number of nitrogens with zero attached hydrogens (tertiary/aromatic N) is 2. The number of likely N-dealkylation sites (tertiary alicyclic amines) is 2. The summed E-state index contributed by atoms with van der Waals surface area (Å²) in [5.41, 5.74) is 4.07. The van der Waals surface area contributed by atoms with Crippen molar-refractivity contribution in [3.63, 3.8) is 0 Å². The van der Waals surface area contributed by atoms with Gasteiger partial charge in [-0.3, -0.25) is 14.5 Å². The van der Waals surface area contributed by atoms with Crippen molar-refractivity contribution >= 4 is 16.8 Å². The molecule has 2 fully saturated rings. The number of amides is 1. The van der Waals surface area contributed by atoms with Crippen LogP contribution < -0.4 is 5.56 Å². The zero-order valence-electron chi connectivity index (χ0n) is 15.7. The lowest BCUT2D eigenvalue weighted by Crippen LogP contribution is -2.48. The van der Waals surface area contributed by atoms with Gasteiger partial charge in [-0.05, 0) is 62.7 Å². The molecule has 2 saturated heterocycles. The van der Waals surface area contributed by atoms with E-state index in [2.05, 4.69) is 33.8 Å². The summed E-state index contributed by atoms with van der Waals surface area (Å²) in [5, 5.41) is 1.10. The maximum absolute atomic E-state index is 12.6. The zero-order valence-corrected chi connectivity index (χ0v) is 15.7. The Balaban J connectivity index is 1.55. The summed E-state index contributed by atoms with van der Waals surface area (Å²) in [6.45, 7) is 7.52. The van der Waals surface area contributed by atoms with Crippen LogP contribution in [0.1, 0.15) is 42.4 Å². The van der Waals surface area contributed by atoms with Crippen LogP contribution in [0.2, 0.25) is 0 Å². The molecule has 0 saturated carbocycles. The number of aromatic nitrogens is 1. The lowest BCUT2D eigenvalue weighted by atomic mass is 10.0. The van der Waals surface area contributed by atoms with Crippen LogP contribution in [0.3, 0.4) is 0 Å². The van der Waals surface area contributed by atoms with Gasteiger partial charge in [0.15, 0.2) is 0 Å². The van der Waals surface area contributed by atoms with E-state index in [4.69, 9.17) is 0 Å². The van der Waals surface area contributed by atoms with Crippen LogP contribution in [0.15, 0.2) is 23.0 Å². The van der Waals surface area contributed by atoms with E-state index in [1.807, 2.05) is 13.0 Å². The predicted octanol–water partition coefficient (Wildman–Crippen LogP) is 2.73. The number of aromatic amines is 1. The quantitative estimate of drug-likeness (QED) is 0.923. The number of aryl methyl sites for hydroxylation is 2. The lowest BCUT2D eigenvalue weighted by molar-refractivity contribution is -0.130. The first kappa shape index (κ1) is 17.3. The Morgan fingerprint density at radius 1 is 1.12 bits per heavy atom. The molecule has 0 spiro atoms. The molecule has 26 heavy (non-hydrogen) atoms. The van der Waals surface area contributed by atoms with Gasteiger partial charge < -0.3 is 9.88 Å². The first-order chi connectivity index (χ1) is 12.5. The SMILES string of the molecule is Cc1cc(C)c2[nH]c(=O)c(CN3CCCC(N4CCCC4=O)C3)cc2c1. The van der Waals surface area contributed by atoms with Gasteiger partial charge in [-0.2, -0.15) is 0 Å². The van der Waals surface area contributed by atoms with Crippen molar-refractivity contribution < 1.29 is 4.79 Å². The number of nitrogens with one attached hydrogen (secondary N) is 1. The topological polar surface area (TPSA) is 56.4 Å². The fourth-order valence-electron chi connectivity index (χ4n) is 4.57. The first-order valence-corrected chi connectivity index (χ1v) is 9.66. The third-order valence-corrected chi connectivity index (χ3v) is 5.80. The molecule has 0 aliphatic carbocycles. The second kappa shape index (κ2) is 6.88. The van der Waals surface area contributed by atoms with Gasteiger partial charge in [0.1, 0.15) is 0 Å². The normalized spacial score (nSPS) is 21.7. The Hall–Kier alpha value is -2.14. The highest BCUT2D eigenvalue weighted by atomic mass is 16.2. The van der Waals surface area contributed by atoms with Crippen LogP contribution in [0.5, 0.6) is 0 Å². The number of rotatable bonds is 3. The number of hydrogen-bond donors (Lipinski definition) is 1. The van der Waals surface area contributed by atoms with E-state index in [0.29, 0.717) is 24.9 Å². The summed E-state index contributed by atoms with van der Waals surface area (Å²) in [6, 6.07) is 6.57. The van der Waals surface area contributed by atoms with E-state index in [1.54, 1.807) is 0 Å². The first-order valence-electron chi connectivity index (χ1n) is 9.66. The van der Waals surface area contributed by atoms with Gasteiger partial charge in [-0.1, -0.05) is 11.6 Å². The molecule has 4 rings (SSSR count). The highest BCUT2D eigenvalue weighted by molar-refractivity contribution is 5.82. The molecular formula is C21H27N3O2. The second-order valence-electron chi connectivity index (χ2n) is 7.89. The Bertz CT molecular complexity index is 902. The third-order valence-electron chi connectivity index (χ3n) is 5.80. The van der Waals surface area contributed by atoms with E-state index in [1.165, 1.54) is 5.56 Å². The monoisotopic (exact) mass is 353 g/mol. The molecule has 1 amide bonds. The van der Waals surface area contributed by atoms with Gasteiger partial charge in [0.2, 0.25) is 5.91 Å². The number of pyridine rings is 1. The van der Waals surface area contributed by atoms with Crippen molar-refractivity contribution in [1.29, 1.82) is 0 Å². The molecule has 0 bridgehead atoms. The number of fused-ring (bicyclic) bond motifs is 1. The van der Waals surface area contributed by atoms with E-state index in [9.17, 15) is 9.59 Å². The van der Waals surface area contributed by atoms with Gasteiger partial charge in [-0.15, -0.1) is 0 Å². The van der Waals surface area contributed by atoms with E-state index >= 15 is 0 Å². The number of H-pyrrole nitrogens is 1. The van der Waals surface area contributed by atoms with E-state index < -0.39 is 0 Å². The minimum atomic E-state index is 0.00354. The molecule has 1 unspecified atom stereocenters. The van der Waals surface area contributed by atoms with Crippen molar-refractivity contribution in [1.82, 2.24) is 14.8 Å². The molecule has 2 aromatic rings. The van der Waals surface area contributed by atoms with Gasteiger partial charge in [0, 0.05) is 37.7 Å². The van der Waals surface area contributed by atoms with Gasteiger partial charge >= 0.3 is 0 Å². The number of piperidine rings is 1. The van der Waals surface area contributed by atoms with Gasteiger partial charge in [0.05, 0.1) is 5.52 Å². The highest BCUT2D eigenvalue weighted by Gasteiger charge is 2.31. The maximum atomic E-state index is 12.6. The molecule has 2 aliphatic rings. The van der Waals surface area contributed by atoms with E-state index in [0.717, 1.165) is 60.9 Å². The molecule has 5 nitrogen and oxygen atoms in total. The summed E-state index contributed by atoms with van der Waals surface area (Å²) in [5.74, 6) is 0.298. The van der Waals surface area contributed by atoms with Crippen LogP contribution in [0.4, 0.5) is 0 Å². The molecule has 1 aromatic heterocycles. The van der Waals surface area contributed by atoms with Crippen molar-refractivity contribution in [3.05, 3.63) is 45.2 Å². The Labute approximate surface area is 154 Å². The molecule has 1 N–H and O–H groups in total. The smallest absolute Gasteiger partial charge is 0.252 e. The molecule has 5 heteroatoms. The van der Waals surface area contributed by atoms with Crippen molar-refractivity contribution in [2.75, 3.05) is 19.6 Å². The van der Waals surface area contributed by atoms with Crippen molar-refractivity contribution in [3.8, 4) is 0 Å². The predicted molar refractivity (Wildman–Crippen MR) is 103 cm³/mol. The summed E-state index contributed by atoms with van der Waals surface area (Å²) in [4.78, 5) is 32.1. The number of carbonyl (C=O) groups excluding carboxylic acids is 1. The zero-order chi connectivity index (χ0) is 18.3. The summed E-state index contributed by atoms with van der Waals surface area (Å²) < 4.78 is 0. The molecule has 0 radical (unpaired) electrons. The van der Waals surface area contributed by atoms with Crippen LogP contribution in [-0.2, 0) is 11.3 Å². The molecular weight excluding hydrogens is 326 g/mol. The molecule has 138 valence electrons. The third kappa shape index (κ3) is 3.28. The van der Waals surface area contributed by atoms with Crippen LogP contribution in [0, 0.1) is 13.8 Å². The number of hydrogen-bond acceptors (Lipinski definition) is 3. The Morgan fingerprint density at radius 3 is 2.73 bits per heavy atom. The van der Waals surface area contributed by atoms with Crippen LogP contribution in [0.25, 0.3) is 10.9 Å².